The van der Waals surface area contributed by atoms with E-state index in [-0.39, 0.29) is 14.3 Å². The third-order valence-corrected chi connectivity index (χ3v) is 3.11. The topological polar surface area (TPSA) is 108 Å². The zero-order chi connectivity index (χ0) is 23.7. The number of rotatable bonds is 7. The van der Waals surface area contributed by atoms with Crippen LogP contribution in [0.5, 0.6) is 0 Å². The summed E-state index contributed by atoms with van der Waals surface area (Å²) in [7, 11) is 1.07. The molecule has 0 aliphatic rings. The predicted octanol–water partition coefficient (Wildman–Crippen LogP) is 4.27. The molecular weight excluding hydrogens is 401 g/mol. The Morgan fingerprint density at radius 1 is 1.03 bits per heavy atom. The van der Waals surface area contributed by atoms with Crippen LogP contribution in [0.25, 0.3) is 0 Å². The maximum atomic E-state index is 13.7. The maximum Gasteiger partial charge on any atom is 0.420 e. The van der Waals surface area contributed by atoms with Gasteiger partial charge in [-0.2, -0.15) is 9.29 Å². The molecular formula is C20H32FNO8. The van der Waals surface area contributed by atoms with Crippen LogP contribution in [-0.4, -0.2) is 53.4 Å². The lowest BCUT2D eigenvalue weighted by molar-refractivity contribution is -0.146. The van der Waals surface area contributed by atoms with Crippen molar-refractivity contribution in [3.63, 3.8) is 0 Å². The van der Waals surface area contributed by atoms with Gasteiger partial charge in [0.1, 0.15) is 17.2 Å². The molecule has 1 atom stereocenters. The number of amides is 2. The molecule has 0 N–H and O–H groups in total. The fraction of sp³-hybridized carbons (Fsp3) is 0.600. The SMILES string of the molecule is C=COC(=O)C(F)=CCC[C@@H](C(=O)OC)N(C(=O)OC(C)(C)C)C(=O)OC(C)(C)C.[HH]. The highest BCUT2D eigenvalue weighted by Gasteiger charge is 2.40. The normalized spacial score (nSPS) is 13.0. The molecule has 10 heteroatoms. The van der Waals surface area contributed by atoms with Crippen molar-refractivity contribution < 1.29 is 43.9 Å². The summed E-state index contributed by atoms with van der Waals surface area (Å²) in [4.78, 5) is 49.4. The number of methoxy groups -OCH3 is 1. The Kier molecular flexibility index (Phi) is 10.2. The Balaban J connectivity index is 0. The first-order valence-corrected chi connectivity index (χ1v) is 9.13. The Morgan fingerprint density at radius 3 is 1.87 bits per heavy atom. The number of nitrogens with zero attached hydrogens (tertiary/aromatic N) is 1. The molecule has 30 heavy (non-hydrogen) atoms. The second-order valence-corrected chi connectivity index (χ2v) is 8.07. The van der Waals surface area contributed by atoms with Crippen molar-refractivity contribution in [2.24, 2.45) is 0 Å². The Bertz CT molecular complexity index is 666. The van der Waals surface area contributed by atoms with Gasteiger partial charge >= 0.3 is 24.1 Å². The second kappa shape index (κ2) is 11.3. The fourth-order valence-electron chi connectivity index (χ4n) is 2.02. The molecule has 0 radical (unpaired) electrons. The molecule has 0 unspecified atom stereocenters. The van der Waals surface area contributed by atoms with Gasteiger partial charge in [0, 0.05) is 1.43 Å². The summed E-state index contributed by atoms with van der Waals surface area (Å²) < 4.78 is 33.1. The van der Waals surface area contributed by atoms with E-state index in [9.17, 15) is 23.6 Å². The molecule has 0 saturated carbocycles. The van der Waals surface area contributed by atoms with Gasteiger partial charge in [0.15, 0.2) is 0 Å². The van der Waals surface area contributed by atoms with Crippen LogP contribution in [0.2, 0.25) is 0 Å². The van der Waals surface area contributed by atoms with Gasteiger partial charge in [0.05, 0.1) is 13.4 Å². The number of allylic oxidation sites excluding steroid dienone is 1. The predicted molar refractivity (Wildman–Crippen MR) is 107 cm³/mol. The zero-order valence-corrected chi connectivity index (χ0v) is 18.4. The molecule has 0 aliphatic heterocycles. The van der Waals surface area contributed by atoms with E-state index < -0.39 is 47.2 Å². The number of esters is 2. The van der Waals surface area contributed by atoms with Crippen molar-refractivity contribution in [2.75, 3.05) is 7.11 Å². The molecule has 0 fully saturated rings. The molecule has 0 rings (SSSR count). The van der Waals surface area contributed by atoms with Crippen LogP contribution in [-0.2, 0) is 28.5 Å². The molecule has 0 saturated heterocycles. The van der Waals surface area contributed by atoms with Crippen LogP contribution in [0, 0.1) is 0 Å². The first-order chi connectivity index (χ1) is 13.6. The van der Waals surface area contributed by atoms with E-state index in [2.05, 4.69) is 16.1 Å². The lowest BCUT2D eigenvalue weighted by Crippen LogP contribution is -2.52. The van der Waals surface area contributed by atoms with E-state index >= 15 is 0 Å². The maximum absolute atomic E-state index is 13.7. The van der Waals surface area contributed by atoms with E-state index in [1.165, 1.54) is 0 Å². The average molecular weight is 433 g/mol. The van der Waals surface area contributed by atoms with Crippen LogP contribution in [0.1, 0.15) is 55.8 Å². The third kappa shape index (κ3) is 10.0. The molecule has 0 bridgehead atoms. The number of hydrogen-bond donors (Lipinski definition) is 0. The molecule has 0 aromatic carbocycles. The van der Waals surface area contributed by atoms with E-state index in [4.69, 9.17) is 9.47 Å². The lowest BCUT2D eigenvalue weighted by atomic mass is 10.1. The minimum Gasteiger partial charge on any atom is -0.467 e. The van der Waals surface area contributed by atoms with Gasteiger partial charge in [0.2, 0.25) is 5.83 Å². The molecule has 0 heterocycles. The van der Waals surface area contributed by atoms with Crippen molar-refractivity contribution >= 4 is 24.1 Å². The minimum absolute atomic E-state index is 0. The Morgan fingerprint density at radius 2 is 1.50 bits per heavy atom. The summed E-state index contributed by atoms with van der Waals surface area (Å²) in [6, 6.07) is -1.49. The molecule has 0 aromatic heterocycles. The number of carbonyl (C=O) groups excluding carboxylic acids is 4. The van der Waals surface area contributed by atoms with Crippen molar-refractivity contribution in [3.8, 4) is 0 Å². The van der Waals surface area contributed by atoms with E-state index in [0.717, 1.165) is 19.4 Å². The highest BCUT2D eigenvalue weighted by molar-refractivity contribution is 5.94. The minimum atomic E-state index is -1.49. The van der Waals surface area contributed by atoms with E-state index in [1.54, 1.807) is 41.5 Å². The van der Waals surface area contributed by atoms with Crippen molar-refractivity contribution in [3.05, 3.63) is 24.7 Å². The van der Waals surface area contributed by atoms with Crippen molar-refractivity contribution in [1.29, 1.82) is 0 Å². The Hall–Kier alpha value is -2.91. The largest absolute Gasteiger partial charge is 0.467 e. The van der Waals surface area contributed by atoms with Crippen molar-refractivity contribution in [2.45, 2.75) is 71.6 Å². The second-order valence-electron chi connectivity index (χ2n) is 8.07. The van der Waals surface area contributed by atoms with Crippen LogP contribution < -0.4 is 0 Å². The van der Waals surface area contributed by atoms with Gasteiger partial charge in [-0.05, 0) is 60.5 Å². The standard InChI is InChI=1S/C20H30FNO8.H2/c1-9-28-15(23)13(21)11-10-12-14(16(24)27-8)22(17(25)29-19(2,3)4)18(26)30-20(5,6)7;/h9,11,14H,1,10,12H2,2-8H3;1H/t14-;/m0./s1. The monoisotopic (exact) mass is 433 g/mol. The van der Waals surface area contributed by atoms with Gasteiger partial charge in [-0.3, -0.25) is 0 Å². The summed E-state index contributed by atoms with van der Waals surface area (Å²) in [5.41, 5.74) is -1.95. The highest BCUT2D eigenvalue weighted by atomic mass is 19.1. The smallest absolute Gasteiger partial charge is 0.420 e. The number of carbonyl (C=O) groups is 4. The molecule has 9 nitrogen and oxygen atoms in total. The zero-order valence-electron chi connectivity index (χ0n) is 18.4. The third-order valence-electron chi connectivity index (χ3n) is 3.11. The fourth-order valence-corrected chi connectivity index (χ4v) is 2.02. The van der Waals surface area contributed by atoms with Gasteiger partial charge in [-0.1, -0.05) is 6.58 Å². The van der Waals surface area contributed by atoms with Crippen LogP contribution in [0.15, 0.2) is 24.7 Å². The molecule has 0 spiro atoms. The number of hydrogen-bond acceptors (Lipinski definition) is 8. The van der Waals surface area contributed by atoms with Gasteiger partial charge in [-0.25, -0.2) is 19.2 Å². The van der Waals surface area contributed by atoms with Gasteiger partial charge in [0.25, 0.3) is 0 Å². The summed E-state index contributed by atoms with van der Waals surface area (Å²) >= 11 is 0. The van der Waals surface area contributed by atoms with Gasteiger partial charge < -0.3 is 18.9 Å². The van der Waals surface area contributed by atoms with E-state index in [1.807, 2.05) is 0 Å². The number of halogens is 1. The quantitative estimate of drug-likeness (QED) is 0.253. The number of imide groups is 1. The molecule has 0 aromatic rings. The van der Waals surface area contributed by atoms with Gasteiger partial charge in [-0.15, -0.1) is 0 Å². The first-order valence-electron chi connectivity index (χ1n) is 9.13. The van der Waals surface area contributed by atoms with E-state index in [0.29, 0.717) is 4.90 Å². The molecule has 0 aliphatic carbocycles. The average Bonchev–Trinajstić information content (AvgIpc) is 2.56. The highest BCUT2D eigenvalue weighted by Crippen LogP contribution is 2.20. The summed E-state index contributed by atoms with van der Waals surface area (Å²) in [5.74, 6) is -3.44. The van der Waals surface area contributed by atoms with Crippen LogP contribution in [0.3, 0.4) is 0 Å². The molecule has 172 valence electrons. The Labute approximate surface area is 177 Å². The molecule has 2 amide bonds. The van der Waals surface area contributed by atoms with Crippen LogP contribution in [0.4, 0.5) is 14.0 Å². The van der Waals surface area contributed by atoms with Crippen LogP contribution >= 0.6 is 0 Å². The summed E-state index contributed by atoms with van der Waals surface area (Å²) in [6.07, 6.45) is -1.13. The number of ether oxygens (including phenoxy) is 4. The van der Waals surface area contributed by atoms with Crippen molar-refractivity contribution in [1.82, 2.24) is 4.90 Å². The summed E-state index contributed by atoms with van der Waals surface area (Å²) in [6.45, 7) is 12.6. The summed E-state index contributed by atoms with van der Waals surface area (Å²) in [5, 5.41) is 0. The lowest BCUT2D eigenvalue weighted by Gasteiger charge is -2.32. The first kappa shape index (κ1) is 27.1.